The van der Waals surface area contributed by atoms with E-state index in [0.717, 1.165) is 19.3 Å². The van der Waals surface area contributed by atoms with Gasteiger partial charge in [-0.2, -0.15) is 0 Å². The Bertz CT molecular complexity index is 869. The van der Waals surface area contributed by atoms with E-state index in [1.54, 1.807) is 0 Å². The lowest BCUT2D eigenvalue weighted by Crippen LogP contribution is -2.59. The number of carbonyl (C=O) groups is 1. The van der Waals surface area contributed by atoms with Crippen LogP contribution in [0.4, 0.5) is 0 Å². The van der Waals surface area contributed by atoms with Crippen LogP contribution in [0.15, 0.2) is 24.2 Å². The minimum Gasteiger partial charge on any atom is -0.414 e. The predicted molar refractivity (Wildman–Crippen MR) is 142 cm³/mol. The smallest absolute Gasteiger partial charge is 0.414 e. The lowest BCUT2D eigenvalue weighted by atomic mass is 9.45. The fourth-order valence-electron chi connectivity index (χ4n) is 6.50. The molecule has 0 aromatic rings. The van der Waals surface area contributed by atoms with Crippen LogP contribution < -0.4 is 0 Å². The van der Waals surface area contributed by atoms with Gasteiger partial charge in [0, 0.05) is 11.5 Å². The minimum absolute atomic E-state index is 0.0859. The second kappa shape index (κ2) is 8.16. The molecule has 2 bridgehead atoms. The second-order valence-corrected chi connectivity index (χ2v) is 19.1. The van der Waals surface area contributed by atoms with E-state index in [1.165, 1.54) is 12.8 Å². The maximum Gasteiger partial charge on any atom is 0.486 e. The van der Waals surface area contributed by atoms with Crippen LogP contribution in [0.5, 0.6) is 0 Å². The van der Waals surface area contributed by atoms with Crippen LogP contribution in [0.3, 0.4) is 0 Å². The Morgan fingerprint density at radius 3 is 2.35 bits per heavy atom. The molecule has 0 aromatic carbocycles. The molecule has 4 nitrogen and oxygen atoms in total. The molecule has 6 heteroatoms. The number of hydrogen-bond donors (Lipinski definition) is 0. The third-order valence-corrected chi connectivity index (χ3v) is 15.1. The summed E-state index contributed by atoms with van der Waals surface area (Å²) >= 11 is 0. The van der Waals surface area contributed by atoms with Gasteiger partial charge in [0.15, 0.2) is 14.1 Å². The molecule has 1 saturated heterocycles. The van der Waals surface area contributed by atoms with Gasteiger partial charge in [-0.15, -0.1) is 0 Å². The van der Waals surface area contributed by atoms with E-state index in [1.807, 2.05) is 12.1 Å². The highest BCUT2D eigenvalue weighted by Gasteiger charge is 2.60. The molecule has 4 aliphatic carbocycles. The number of hydrogen-bond acceptors (Lipinski definition) is 4. The lowest BCUT2D eigenvalue weighted by molar-refractivity contribution is -0.145. The van der Waals surface area contributed by atoms with Crippen molar-refractivity contribution in [3.05, 3.63) is 24.2 Å². The third-order valence-electron chi connectivity index (χ3n) is 10.6. The molecular weight excluding hydrogens is 439 g/mol. The van der Waals surface area contributed by atoms with Crippen molar-refractivity contribution in [1.29, 1.82) is 0 Å². The molecule has 1 spiro atoms. The van der Waals surface area contributed by atoms with E-state index in [4.69, 9.17) is 13.7 Å². The summed E-state index contributed by atoms with van der Waals surface area (Å²) in [4.78, 5) is 13.3. The Morgan fingerprint density at radius 2 is 1.76 bits per heavy atom. The highest BCUT2D eigenvalue weighted by atomic mass is 28.4. The van der Waals surface area contributed by atoms with Crippen molar-refractivity contribution in [2.24, 2.45) is 22.7 Å². The number of rotatable bonds is 5. The fourth-order valence-corrected chi connectivity index (χ4v) is 7.89. The molecule has 0 aromatic heterocycles. The minimum atomic E-state index is -1.83. The Hall–Kier alpha value is -0.688. The summed E-state index contributed by atoms with van der Waals surface area (Å²) in [6.07, 6.45) is 11.9. The molecule has 0 radical (unpaired) electrons. The van der Waals surface area contributed by atoms with Gasteiger partial charge in [0.1, 0.15) is 0 Å². The molecule has 3 saturated carbocycles. The van der Waals surface area contributed by atoms with Gasteiger partial charge < -0.3 is 13.7 Å². The monoisotopic (exact) mass is 486 g/mol. The molecular formula is C28H47BO4Si. The average Bonchev–Trinajstić information content (AvgIpc) is 2.90. The van der Waals surface area contributed by atoms with Crippen molar-refractivity contribution in [1.82, 2.24) is 0 Å². The number of allylic oxidation sites excluding steroid dienone is 3. The number of carbonyl (C=O) groups excluding carboxylic acids is 1. The van der Waals surface area contributed by atoms with Crippen LogP contribution >= 0.6 is 0 Å². The zero-order valence-corrected chi connectivity index (χ0v) is 24.3. The van der Waals surface area contributed by atoms with E-state index >= 15 is 0 Å². The standard InChI is InChI=1S/C28H47BO4Si/c1-24(2,3)34(9,10)31-21-19-28-15-12-20(21)18-22(28)27(8,23(30)13-16-28)14-11-17-29-32-25(4,5)26(6,7)33-29/h11,13,16-17,20-22H,12,14-15,18-19H2,1-10H3/b17-11+/t20-,21?,22?,27-,28+/m0/s1. The van der Waals surface area contributed by atoms with Gasteiger partial charge in [-0.25, -0.2) is 0 Å². The Labute approximate surface area is 209 Å². The van der Waals surface area contributed by atoms with E-state index < -0.39 is 8.32 Å². The lowest BCUT2D eigenvalue weighted by Gasteiger charge is -2.61. The van der Waals surface area contributed by atoms with Crippen LogP contribution in [-0.4, -0.2) is 38.5 Å². The second-order valence-electron chi connectivity index (χ2n) is 14.3. The van der Waals surface area contributed by atoms with Crippen LogP contribution in [0.25, 0.3) is 0 Å². The van der Waals surface area contributed by atoms with E-state index in [2.05, 4.69) is 80.6 Å². The molecule has 5 aliphatic rings. The predicted octanol–water partition coefficient (Wildman–Crippen LogP) is 6.91. The van der Waals surface area contributed by atoms with Crippen molar-refractivity contribution in [2.75, 3.05) is 0 Å². The van der Waals surface area contributed by atoms with Crippen molar-refractivity contribution in [3.8, 4) is 0 Å². The van der Waals surface area contributed by atoms with Crippen LogP contribution in [0.1, 0.15) is 87.5 Å². The molecule has 190 valence electrons. The van der Waals surface area contributed by atoms with Crippen molar-refractivity contribution in [3.63, 3.8) is 0 Å². The molecule has 4 fully saturated rings. The van der Waals surface area contributed by atoms with Crippen molar-refractivity contribution < 1.29 is 18.5 Å². The Balaban J connectivity index is 1.51. The first-order chi connectivity index (χ1) is 15.4. The third kappa shape index (κ3) is 4.25. The molecule has 34 heavy (non-hydrogen) atoms. The van der Waals surface area contributed by atoms with Crippen LogP contribution in [0, 0.1) is 22.7 Å². The molecule has 5 rings (SSSR count). The Morgan fingerprint density at radius 1 is 1.15 bits per heavy atom. The Kier molecular flexibility index (Phi) is 6.33. The maximum atomic E-state index is 13.3. The van der Waals surface area contributed by atoms with E-state index in [0.29, 0.717) is 17.9 Å². The van der Waals surface area contributed by atoms with Gasteiger partial charge in [-0.1, -0.05) is 45.8 Å². The van der Waals surface area contributed by atoms with Gasteiger partial charge in [-0.05, 0) is 101 Å². The van der Waals surface area contributed by atoms with Gasteiger partial charge >= 0.3 is 7.12 Å². The topological polar surface area (TPSA) is 44.8 Å². The fraction of sp³-hybridized carbons (Fsp3) is 0.821. The normalized spacial score (nSPS) is 39.2. The molecule has 2 unspecified atom stereocenters. The molecule has 1 aliphatic heterocycles. The molecule has 0 amide bonds. The van der Waals surface area contributed by atoms with Gasteiger partial charge in [0.05, 0.1) is 11.2 Å². The first-order valence-corrected chi connectivity index (χ1v) is 16.3. The maximum absolute atomic E-state index is 13.3. The van der Waals surface area contributed by atoms with Crippen LogP contribution in [0.2, 0.25) is 18.1 Å². The van der Waals surface area contributed by atoms with Gasteiger partial charge in [0.2, 0.25) is 0 Å². The van der Waals surface area contributed by atoms with E-state index in [9.17, 15) is 4.79 Å². The molecule has 1 heterocycles. The summed E-state index contributed by atoms with van der Waals surface area (Å²) in [6.45, 7) is 22.2. The highest BCUT2D eigenvalue weighted by Crippen LogP contribution is 2.64. The largest absolute Gasteiger partial charge is 0.486 e. The number of ketones is 1. The van der Waals surface area contributed by atoms with Crippen molar-refractivity contribution >= 4 is 21.2 Å². The van der Waals surface area contributed by atoms with Gasteiger partial charge in [0.25, 0.3) is 0 Å². The molecule has 5 atom stereocenters. The van der Waals surface area contributed by atoms with Crippen LogP contribution in [-0.2, 0) is 18.5 Å². The summed E-state index contributed by atoms with van der Waals surface area (Å²) < 4.78 is 19.2. The zero-order chi connectivity index (χ0) is 25.4. The summed E-state index contributed by atoms with van der Waals surface area (Å²) in [7, 11) is -2.19. The summed E-state index contributed by atoms with van der Waals surface area (Å²) in [5.74, 6) is 3.23. The number of fused-ring (bicyclic) bond motifs is 2. The summed E-state index contributed by atoms with van der Waals surface area (Å²) in [6, 6.07) is 0. The quantitative estimate of drug-likeness (QED) is 0.396. The summed E-state index contributed by atoms with van der Waals surface area (Å²) in [5.41, 5.74) is -0.986. The SMILES string of the molecule is CC1(C)OB(/C=C/C[C@]2(C)C(=O)C=C[C@@]34CC[C@@H](CC32)C(O[Si](C)(C)C(C)(C)C)C4)OC1(C)C. The zero-order valence-electron chi connectivity index (χ0n) is 23.3. The van der Waals surface area contributed by atoms with Crippen molar-refractivity contribution in [2.45, 2.75) is 123 Å². The first-order valence-electron chi connectivity index (χ1n) is 13.4. The van der Waals surface area contributed by atoms with E-state index in [-0.39, 0.29) is 40.0 Å². The molecule has 0 N–H and O–H groups in total. The first kappa shape index (κ1) is 26.4. The highest BCUT2D eigenvalue weighted by molar-refractivity contribution is 6.74. The summed E-state index contributed by atoms with van der Waals surface area (Å²) in [5, 5.41) is 0.214. The average molecular weight is 487 g/mol. The van der Waals surface area contributed by atoms with Gasteiger partial charge in [-0.3, -0.25) is 4.79 Å².